The zero-order valence-electron chi connectivity index (χ0n) is 16.8. The zero-order valence-corrected chi connectivity index (χ0v) is 16.8. The Balaban J connectivity index is 1.30. The number of carbonyl (C=O) groups excluding carboxylic acids is 1. The minimum atomic E-state index is 0.0229. The Labute approximate surface area is 171 Å². The molecule has 29 heavy (non-hydrogen) atoms. The fourth-order valence-electron chi connectivity index (χ4n) is 3.63. The van der Waals surface area contributed by atoms with Crippen LogP contribution in [-0.2, 0) is 9.53 Å². The molecule has 1 aromatic heterocycles. The summed E-state index contributed by atoms with van der Waals surface area (Å²) < 4.78 is 11.1. The van der Waals surface area contributed by atoms with E-state index in [9.17, 15) is 4.79 Å². The van der Waals surface area contributed by atoms with Crippen LogP contribution in [0.4, 0.5) is 11.5 Å². The Hall–Kier alpha value is -2.87. The molecule has 0 spiro atoms. The van der Waals surface area contributed by atoms with Gasteiger partial charge in [-0.2, -0.15) is 5.10 Å². The fraction of sp³-hybridized carbons (Fsp3) is 0.476. The summed E-state index contributed by atoms with van der Waals surface area (Å²) in [6.45, 7) is 8.04. The monoisotopic (exact) mass is 397 g/mol. The summed E-state index contributed by atoms with van der Waals surface area (Å²) >= 11 is 0. The number of hydrogen-bond acceptors (Lipinski definition) is 7. The van der Waals surface area contributed by atoms with Crippen LogP contribution >= 0.6 is 0 Å². The Kier molecular flexibility index (Phi) is 6.09. The second-order valence-corrected chi connectivity index (χ2v) is 7.29. The summed E-state index contributed by atoms with van der Waals surface area (Å²) in [5.74, 6) is 1.67. The van der Waals surface area contributed by atoms with E-state index in [1.165, 1.54) is 0 Å². The number of hydrogen-bond donors (Lipinski definition) is 0. The smallest absolute Gasteiger partial charge is 0.260 e. The van der Waals surface area contributed by atoms with Gasteiger partial charge in [-0.05, 0) is 18.6 Å². The van der Waals surface area contributed by atoms with Gasteiger partial charge in [-0.15, -0.1) is 5.10 Å². The van der Waals surface area contributed by atoms with Crippen LogP contribution in [0.25, 0.3) is 0 Å². The van der Waals surface area contributed by atoms with Crippen molar-refractivity contribution in [2.24, 2.45) is 0 Å². The average molecular weight is 397 g/mol. The van der Waals surface area contributed by atoms with Crippen LogP contribution in [0.5, 0.6) is 5.75 Å². The number of rotatable bonds is 5. The third kappa shape index (κ3) is 4.76. The SMILES string of the molecule is Cc1ccccc1OCC(=O)N1CCN(c2cnnc(N3CCOCC3)c2)CC1. The van der Waals surface area contributed by atoms with Gasteiger partial charge < -0.3 is 24.2 Å². The second kappa shape index (κ2) is 9.09. The van der Waals surface area contributed by atoms with Crippen molar-refractivity contribution < 1.29 is 14.3 Å². The summed E-state index contributed by atoms with van der Waals surface area (Å²) in [5, 5.41) is 8.46. The zero-order chi connectivity index (χ0) is 20.1. The summed E-state index contributed by atoms with van der Waals surface area (Å²) in [4.78, 5) is 18.8. The lowest BCUT2D eigenvalue weighted by molar-refractivity contribution is -0.133. The quantitative estimate of drug-likeness (QED) is 0.754. The minimum absolute atomic E-state index is 0.0229. The van der Waals surface area contributed by atoms with E-state index in [2.05, 4.69) is 26.1 Å². The number of amides is 1. The van der Waals surface area contributed by atoms with Gasteiger partial charge in [0.05, 0.1) is 25.1 Å². The van der Waals surface area contributed by atoms with Crippen molar-refractivity contribution in [3.8, 4) is 5.75 Å². The van der Waals surface area contributed by atoms with Crippen LogP contribution in [0.15, 0.2) is 36.5 Å². The summed E-state index contributed by atoms with van der Waals surface area (Å²) in [6.07, 6.45) is 1.79. The number of para-hydroxylation sites is 1. The molecule has 3 heterocycles. The van der Waals surface area contributed by atoms with Crippen LogP contribution in [0.2, 0.25) is 0 Å². The first-order valence-corrected chi connectivity index (χ1v) is 10.1. The Morgan fingerprint density at radius 3 is 2.59 bits per heavy atom. The minimum Gasteiger partial charge on any atom is -0.484 e. The highest BCUT2D eigenvalue weighted by Crippen LogP contribution is 2.21. The van der Waals surface area contributed by atoms with Crippen LogP contribution < -0.4 is 14.5 Å². The first-order chi connectivity index (χ1) is 14.2. The normalized spacial score (nSPS) is 17.3. The molecule has 8 nitrogen and oxygen atoms in total. The molecule has 0 aliphatic carbocycles. The van der Waals surface area contributed by atoms with Gasteiger partial charge in [-0.3, -0.25) is 4.79 Å². The van der Waals surface area contributed by atoms with E-state index in [1.807, 2.05) is 36.1 Å². The maximum Gasteiger partial charge on any atom is 0.260 e. The Bertz CT molecular complexity index is 833. The molecule has 0 saturated carbocycles. The topological polar surface area (TPSA) is 71.0 Å². The van der Waals surface area contributed by atoms with E-state index in [0.717, 1.165) is 62.2 Å². The maximum absolute atomic E-state index is 12.5. The predicted octanol–water partition coefficient (Wildman–Crippen LogP) is 1.35. The first kappa shape index (κ1) is 19.4. The van der Waals surface area contributed by atoms with Gasteiger partial charge in [-0.1, -0.05) is 18.2 Å². The fourth-order valence-corrected chi connectivity index (χ4v) is 3.63. The van der Waals surface area contributed by atoms with Gasteiger partial charge in [0.15, 0.2) is 12.4 Å². The van der Waals surface area contributed by atoms with Gasteiger partial charge in [0.2, 0.25) is 0 Å². The molecule has 154 valence electrons. The highest BCUT2D eigenvalue weighted by molar-refractivity contribution is 5.78. The second-order valence-electron chi connectivity index (χ2n) is 7.29. The van der Waals surface area contributed by atoms with Crippen LogP contribution in [0.3, 0.4) is 0 Å². The lowest BCUT2D eigenvalue weighted by Crippen LogP contribution is -2.50. The number of nitrogens with zero attached hydrogens (tertiary/aromatic N) is 5. The molecule has 0 atom stereocenters. The van der Waals surface area contributed by atoms with Gasteiger partial charge in [0, 0.05) is 45.3 Å². The molecule has 2 aromatic rings. The third-order valence-electron chi connectivity index (χ3n) is 5.40. The number of morpholine rings is 1. The van der Waals surface area contributed by atoms with Crippen molar-refractivity contribution in [3.05, 3.63) is 42.1 Å². The number of aromatic nitrogens is 2. The molecule has 1 aromatic carbocycles. The van der Waals surface area contributed by atoms with Gasteiger partial charge in [-0.25, -0.2) is 0 Å². The average Bonchev–Trinajstić information content (AvgIpc) is 2.79. The summed E-state index contributed by atoms with van der Waals surface area (Å²) in [7, 11) is 0. The van der Waals surface area contributed by atoms with Gasteiger partial charge in [0.25, 0.3) is 5.91 Å². The Morgan fingerprint density at radius 2 is 1.83 bits per heavy atom. The standard InChI is InChI=1S/C21H27N5O3/c1-17-4-2-3-5-19(17)29-16-21(27)26-8-6-24(7-9-26)18-14-20(23-22-15-18)25-10-12-28-13-11-25/h2-5,14-15H,6-13,16H2,1H3. The lowest BCUT2D eigenvalue weighted by Gasteiger charge is -2.36. The van der Waals surface area contributed by atoms with Crippen molar-refractivity contribution in [1.29, 1.82) is 0 Å². The molecule has 4 rings (SSSR count). The molecular weight excluding hydrogens is 370 g/mol. The van der Waals surface area contributed by atoms with Crippen LogP contribution in [-0.4, -0.2) is 80.1 Å². The van der Waals surface area contributed by atoms with E-state index in [4.69, 9.17) is 9.47 Å². The van der Waals surface area contributed by atoms with Crippen molar-refractivity contribution in [3.63, 3.8) is 0 Å². The Morgan fingerprint density at radius 1 is 1.07 bits per heavy atom. The molecule has 0 bridgehead atoms. The number of carbonyl (C=O) groups is 1. The van der Waals surface area contributed by atoms with Crippen molar-refractivity contribution in [2.75, 3.05) is 68.9 Å². The summed E-state index contributed by atoms with van der Waals surface area (Å²) in [6, 6.07) is 9.83. The highest BCUT2D eigenvalue weighted by Gasteiger charge is 2.23. The van der Waals surface area contributed by atoms with Crippen LogP contribution in [0, 0.1) is 6.92 Å². The maximum atomic E-state index is 12.5. The number of piperazine rings is 1. The number of aryl methyl sites for hydroxylation is 1. The lowest BCUT2D eigenvalue weighted by atomic mass is 10.2. The van der Waals surface area contributed by atoms with Crippen LogP contribution in [0.1, 0.15) is 5.56 Å². The van der Waals surface area contributed by atoms with Crippen molar-refractivity contribution >= 4 is 17.4 Å². The van der Waals surface area contributed by atoms with Crippen molar-refractivity contribution in [1.82, 2.24) is 15.1 Å². The van der Waals surface area contributed by atoms with E-state index < -0.39 is 0 Å². The van der Waals surface area contributed by atoms with Gasteiger partial charge in [0.1, 0.15) is 5.75 Å². The number of anilines is 2. The molecule has 2 fully saturated rings. The third-order valence-corrected chi connectivity index (χ3v) is 5.40. The summed E-state index contributed by atoms with van der Waals surface area (Å²) in [5.41, 5.74) is 2.08. The molecule has 0 radical (unpaired) electrons. The van der Waals surface area contributed by atoms with Crippen molar-refractivity contribution in [2.45, 2.75) is 6.92 Å². The molecule has 1 amide bonds. The predicted molar refractivity (Wildman–Crippen MR) is 111 cm³/mol. The van der Waals surface area contributed by atoms with E-state index >= 15 is 0 Å². The van der Waals surface area contributed by atoms with Gasteiger partial charge >= 0.3 is 0 Å². The molecular formula is C21H27N5O3. The first-order valence-electron chi connectivity index (χ1n) is 10.1. The molecule has 2 saturated heterocycles. The number of benzene rings is 1. The van der Waals surface area contributed by atoms with E-state index in [0.29, 0.717) is 13.1 Å². The largest absolute Gasteiger partial charge is 0.484 e. The highest BCUT2D eigenvalue weighted by atomic mass is 16.5. The molecule has 0 unspecified atom stereocenters. The molecule has 2 aliphatic heterocycles. The van der Waals surface area contributed by atoms with E-state index in [-0.39, 0.29) is 12.5 Å². The van der Waals surface area contributed by atoms with E-state index in [1.54, 1.807) is 6.20 Å². The number of ether oxygens (including phenoxy) is 2. The molecule has 0 N–H and O–H groups in total. The molecule has 8 heteroatoms. The molecule has 2 aliphatic rings.